The van der Waals surface area contributed by atoms with Gasteiger partial charge in [-0.05, 0) is 92.9 Å². The van der Waals surface area contributed by atoms with Crippen LogP contribution in [0.4, 0.5) is 5.82 Å². The van der Waals surface area contributed by atoms with Crippen LogP contribution < -0.4 is 5.32 Å². The molecule has 0 spiro atoms. The van der Waals surface area contributed by atoms with Gasteiger partial charge in [-0.3, -0.25) is 4.68 Å². The van der Waals surface area contributed by atoms with E-state index in [-0.39, 0.29) is 24.8 Å². The van der Waals surface area contributed by atoms with Gasteiger partial charge in [-0.1, -0.05) is 27.7 Å². The number of nitrogens with one attached hydrogen (secondary N) is 1. The number of benzene rings is 1. The Balaban J connectivity index is 0.00000392. The summed E-state index contributed by atoms with van der Waals surface area (Å²) in [6.07, 6.45) is 2.27. The fraction of sp³-hybridized carbons (Fsp3) is 0.667. The first-order valence-electron chi connectivity index (χ1n) is 10.5. The summed E-state index contributed by atoms with van der Waals surface area (Å²) in [5.41, 5.74) is 1.24. The van der Waals surface area contributed by atoms with Crippen molar-refractivity contribution in [1.82, 2.24) is 19.6 Å². The number of nitrogens with zero attached hydrogens (tertiary/aromatic N) is 4. The number of aryl methyl sites for hydroxylation is 1. The lowest BCUT2D eigenvalue weighted by molar-refractivity contribution is 0.292. The minimum atomic E-state index is 0. The van der Waals surface area contributed by atoms with E-state index < -0.39 is 0 Å². The highest BCUT2D eigenvalue weighted by atomic mass is 127. The zero-order valence-corrected chi connectivity index (χ0v) is 22.1. The van der Waals surface area contributed by atoms with Gasteiger partial charge in [0.2, 0.25) is 0 Å². The van der Waals surface area contributed by atoms with Crippen LogP contribution in [-0.4, -0.2) is 65.4 Å². The van der Waals surface area contributed by atoms with Gasteiger partial charge in [-0.2, -0.15) is 5.10 Å². The Kier molecular flexibility index (Phi) is 15.4. The molecule has 1 aromatic carbocycles. The standard InChI is InChI=1S/C21H36IN5.2ClH/c1-5-25(6-2)14-9-13-23-21-19-17-18(22)11-12-20(19)27(24-21)16-10-15-26(7-3)8-4;;/h11-12,17H,5-10,13-16H2,1-4H3,(H,23,24);2*1H. The van der Waals surface area contributed by atoms with Crippen molar-refractivity contribution in [2.24, 2.45) is 0 Å². The molecule has 1 aromatic heterocycles. The summed E-state index contributed by atoms with van der Waals surface area (Å²) in [7, 11) is 0. The van der Waals surface area contributed by atoms with Crippen molar-refractivity contribution >= 4 is 64.1 Å². The zero-order chi connectivity index (χ0) is 19.6. The molecule has 0 aliphatic rings. The Morgan fingerprint density at radius 2 is 1.52 bits per heavy atom. The first-order chi connectivity index (χ1) is 13.1. The molecule has 29 heavy (non-hydrogen) atoms. The normalized spacial score (nSPS) is 11.0. The van der Waals surface area contributed by atoms with E-state index in [4.69, 9.17) is 5.10 Å². The molecule has 1 N–H and O–H groups in total. The van der Waals surface area contributed by atoms with Gasteiger partial charge < -0.3 is 15.1 Å². The van der Waals surface area contributed by atoms with E-state index in [2.05, 4.69) is 88.3 Å². The molecule has 2 rings (SSSR count). The fourth-order valence-corrected chi connectivity index (χ4v) is 3.98. The van der Waals surface area contributed by atoms with E-state index in [1.165, 1.54) is 14.5 Å². The lowest BCUT2D eigenvalue weighted by atomic mass is 10.2. The van der Waals surface area contributed by atoms with E-state index in [0.717, 1.165) is 71.0 Å². The van der Waals surface area contributed by atoms with Crippen LogP contribution in [-0.2, 0) is 6.54 Å². The third-order valence-corrected chi connectivity index (χ3v) is 5.96. The van der Waals surface area contributed by atoms with E-state index in [1.54, 1.807) is 0 Å². The third kappa shape index (κ3) is 8.77. The van der Waals surface area contributed by atoms with E-state index >= 15 is 0 Å². The second-order valence-electron chi connectivity index (χ2n) is 6.92. The lowest BCUT2D eigenvalue weighted by Gasteiger charge is -2.17. The number of halogens is 3. The summed E-state index contributed by atoms with van der Waals surface area (Å²) >= 11 is 2.39. The molecule has 0 atom stereocenters. The molecule has 0 fully saturated rings. The first kappa shape index (κ1) is 28.7. The predicted molar refractivity (Wildman–Crippen MR) is 140 cm³/mol. The quantitative estimate of drug-likeness (QED) is 0.266. The largest absolute Gasteiger partial charge is 0.368 e. The molecule has 2 aromatic rings. The van der Waals surface area contributed by atoms with Crippen LogP contribution in [0.3, 0.4) is 0 Å². The molecule has 168 valence electrons. The van der Waals surface area contributed by atoms with Gasteiger partial charge >= 0.3 is 0 Å². The number of aromatic nitrogens is 2. The van der Waals surface area contributed by atoms with E-state index in [0.29, 0.717) is 0 Å². The molecule has 0 aliphatic heterocycles. The highest BCUT2D eigenvalue weighted by molar-refractivity contribution is 14.1. The Bertz CT molecular complexity index is 687. The lowest BCUT2D eigenvalue weighted by Crippen LogP contribution is -2.25. The second kappa shape index (κ2) is 15.5. The molecule has 0 radical (unpaired) electrons. The topological polar surface area (TPSA) is 36.3 Å². The molecule has 0 aliphatic carbocycles. The summed E-state index contributed by atoms with van der Waals surface area (Å²) in [5, 5.41) is 9.74. The van der Waals surface area contributed by atoms with Crippen LogP contribution in [0.25, 0.3) is 10.9 Å². The van der Waals surface area contributed by atoms with Crippen LogP contribution >= 0.6 is 47.4 Å². The van der Waals surface area contributed by atoms with Crippen LogP contribution in [0.1, 0.15) is 40.5 Å². The minimum Gasteiger partial charge on any atom is -0.368 e. The molecule has 0 bridgehead atoms. The fourth-order valence-electron chi connectivity index (χ4n) is 3.49. The number of fused-ring (bicyclic) bond motifs is 1. The van der Waals surface area contributed by atoms with Gasteiger partial charge in [0.25, 0.3) is 0 Å². The molecular weight excluding hydrogens is 520 g/mol. The minimum absolute atomic E-state index is 0. The predicted octanol–water partition coefficient (Wildman–Crippen LogP) is 5.36. The van der Waals surface area contributed by atoms with Crippen LogP contribution in [0.2, 0.25) is 0 Å². The van der Waals surface area contributed by atoms with Gasteiger partial charge in [0.1, 0.15) is 0 Å². The molecule has 0 saturated heterocycles. The Morgan fingerprint density at radius 1 is 0.931 bits per heavy atom. The smallest absolute Gasteiger partial charge is 0.156 e. The molecule has 0 unspecified atom stereocenters. The van der Waals surface area contributed by atoms with Crippen LogP contribution in [0, 0.1) is 3.57 Å². The van der Waals surface area contributed by atoms with Crippen molar-refractivity contribution < 1.29 is 0 Å². The molecule has 0 amide bonds. The van der Waals surface area contributed by atoms with Crippen molar-refractivity contribution in [2.45, 2.75) is 47.1 Å². The summed E-state index contributed by atoms with van der Waals surface area (Å²) in [6.45, 7) is 17.6. The van der Waals surface area contributed by atoms with E-state index in [1.807, 2.05) is 0 Å². The zero-order valence-electron chi connectivity index (χ0n) is 18.3. The van der Waals surface area contributed by atoms with Gasteiger partial charge in [-0.25, -0.2) is 0 Å². The Hall–Kier alpha value is -0.280. The van der Waals surface area contributed by atoms with Gasteiger partial charge in [0.05, 0.1) is 5.52 Å². The number of hydrogen-bond acceptors (Lipinski definition) is 4. The third-order valence-electron chi connectivity index (χ3n) is 5.29. The maximum atomic E-state index is 4.91. The van der Waals surface area contributed by atoms with Crippen molar-refractivity contribution in [3.8, 4) is 0 Å². The first-order valence-corrected chi connectivity index (χ1v) is 11.5. The van der Waals surface area contributed by atoms with Crippen molar-refractivity contribution in [3.05, 3.63) is 21.8 Å². The van der Waals surface area contributed by atoms with Gasteiger partial charge in [0, 0.05) is 22.0 Å². The molecule has 5 nitrogen and oxygen atoms in total. The summed E-state index contributed by atoms with van der Waals surface area (Å²) in [6, 6.07) is 6.63. The average molecular weight is 558 g/mol. The monoisotopic (exact) mass is 557 g/mol. The molecule has 8 heteroatoms. The number of hydrogen-bond donors (Lipinski definition) is 1. The summed E-state index contributed by atoms with van der Waals surface area (Å²) in [4.78, 5) is 4.94. The van der Waals surface area contributed by atoms with Crippen LogP contribution in [0.5, 0.6) is 0 Å². The van der Waals surface area contributed by atoms with Crippen molar-refractivity contribution in [2.75, 3.05) is 51.1 Å². The highest BCUT2D eigenvalue weighted by Crippen LogP contribution is 2.25. The maximum absolute atomic E-state index is 4.91. The SMILES string of the molecule is CCN(CC)CCCNc1nn(CCCN(CC)CC)c2ccc(I)cc12.Cl.Cl. The van der Waals surface area contributed by atoms with Crippen molar-refractivity contribution in [1.29, 1.82) is 0 Å². The Morgan fingerprint density at radius 3 is 2.10 bits per heavy atom. The summed E-state index contributed by atoms with van der Waals surface area (Å²) < 4.78 is 3.44. The van der Waals surface area contributed by atoms with Crippen LogP contribution in [0.15, 0.2) is 18.2 Å². The average Bonchev–Trinajstić information content (AvgIpc) is 3.02. The molecule has 0 saturated carbocycles. The maximum Gasteiger partial charge on any atom is 0.156 e. The van der Waals surface area contributed by atoms with Gasteiger partial charge in [-0.15, -0.1) is 24.8 Å². The van der Waals surface area contributed by atoms with Gasteiger partial charge in [0.15, 0.2) is 5.82 Å². The van der Waals surface area contributed by atoms with Crippen molar-refractivity contribution in [3.63, 3.8) is 0 Å². The number of rotatable bonds is 13. The van der Waals surface area contributed by atoms with E-state index in [9.17, 15) is 0 Å². The highest BCUT2D eigenvalue weighted by Gasteiger charge is 2.11. The molecular formula is C21H38Cl2IN5. The summed E-state index contributed by atoms with van der Waals surface area (Å²) in [5.74, 6) is 1.03. The molecule has 1 heterocycles. The number of anilines is 1. The second-order valence-corrected chi connectivity index (χ2v) is 8.17. The Labute approximate surface area is 202 Å².